The summed E-state index contributed by atoms with van der Waals surface area (Å²) in [5.41, 5.74) is 3.69. The maximum Gasteiger partial charge on any atom is 0.257 e. The molecule has 0 fully saturated rings. The number of ether oxygens (including phenoxy) is 1. The minimum absolute atomic E-state index is 0.0572. The molecule has 0 spiro atoms. The van der Waals surface area contributed by atoms with Crippen LogP contribution < -0.4 is 15.4 Å². The largest absolute Gasteiger partial charge is 0.475 e. The summed E-state index contributed by atoms with van der Waals surface area (Å²) >= 11 is 0. The predicted octanol–water partition coefficient (Wildman–Crippen LogP) is 4.65. The predicted molar refractivity (Wildman–Crippen MR) is 119 cm³/mol. The average molecular weight is 433 g/mol. The van der Waals surface area contributed by atoms with Crippen LogP contribution in [0.3, 0.4) is 0 Å². The van der Waals surface area contributed by atoms with Gasteiger partial charge in [0.1, 0.15) is 0 Å². The van der Waals surface area contributed by atoms with E-state index in [4.69, 9.17) is 4.74 Å². The summed E-state index contributed by atoms with van der Waals surface area (Å²) in [5, 5.41) is 5.81. The summed E-state index contributed by atoms with van der Waals surface area (Å²) in [6.07, 6.45) is 1.28. The summed E-state index contributed by atoms with van der Waals surface area (Å²) in [4.78, 5) is 29.4. The molecule has 1 atom stereocenters. The molecular formula is C25H24FN3O3. The number of rotatable bonds is 6. The molecule has 2 amide bonds. The van der Waals surface area contributed by atoms with E-state index in [1.807, 2.05) is 45.0 Å². The highest BCUT2D eigenvalue weighted by Gasteiger charge is 2.33. The van der Waals surface area contributed by atoms with Crippen molar-refractivity contribution in [2.75, 3.05) is 11.9 Å². The van der Waals surface area contributed by atoms with Crippen molar-refractivity contribution >= 4 is 17.5 Å². The zero-order valence-electron chi connectivity index (χ0n) is 18.1. The highest BCUT2D eigenvalue weighted by atomic mass is 19.1. The molecule has 2 aromatic carbocycles. The fraction of sp³-hybridized carbons (Fsp3) is 0.240. The first-order chi connectivity index (χ1) is 15.3. The Hall–Kier alpha value is -3.74. The molecule has 164 valence electrons. The number of halogens is 1. The van der Waals surface area contributed by atoms with Crippen molar-refractivity contribution in [1.82, 2.24) is 10.3 Å². The van der Waals surface area contributed by atoms with E-state index in [0.29, 0.717) is 23.4 Å². The highest BCUT2D eigenvalue weighted by molar-refractivity contribution is 6.07. The second kappa shape index (κ2) is 8.78. The van der Waals surface area contributed by atoms with Crippen molar-refractivity contribution < 1.29 is 18.7 Å². The van der Waals surface area contributed by atoms with Gasteiger partial charge in [-0.1, -0.05) is 44.2 Å². The van der Waals surface area contributed by atoms with Crippen LogP contribution in [0.25, 0.3) is 0 Å². The van der Waals surface area contributed by atoms with Crippen LogP contribution in [-0.2, 0) is 0 Å². The highest BCUT2D eigenvalue weighted by Crippen LogP contribution is 2.37. The number of nitrogens with zero attached hydrogens (tertiary/aromatic N) is 1. The van der Waals surface area contributed by atoms with E-state index in [-0.39, 0.29) is 23.3 Å². The van der Waals surface area contributed by atoms with Gasteiger partial charge >= 0.3 is 0 Å². The molecule has 2 N–H and O–H groups in total. The molecule has 32 heavy (non-hydrogen) atoms. The Labute approximate surface area is 185 Å². The molecule has 0 saturated heterocycles. The smallest absolute Gasteiger partial charge is 0.257 e. The molecular weight excluding hydrogens is 409 g/mol. The lowest BCUT2D eigenvalue weighted by molar-refractivity contribution is 0.0959. The van der Waals surface area contributed by atoms with Gasteiger partial charge in [0, 0.05) is 23.0 Å². The quantitative estimate of drug-likeness (QED) is 0.593. The second-order valence-electron chi connectivity index (χ2n) is 8.20. The van der Waals surface area contributed by atoms with E-state index < -0.39 is 17.8 Å². The fourth-order valence-corrected chi connectivity index (χ4v) is 3.70. The maximum absolute atomic E-state index is 14.4. The van der Waals surface area contributed by atoms with Crippen LogP contribution in [0.5, 0.6) is 5.88 Å². The van der Waals surface area contributed by atoms with E-state index in [9.17, 15) is 14.0 Å². The Kier molecular flexibility index (Phi) is 5.90. The van der Waals surface area contributed by atoms with Gasteiger partial charge in [-0.05, 0) is 42.2 Å². The fourth-order valence-electron chi connectivity index (χ4n) is 3.70. The minimum atomic E-state index is -0.703. The molecule has 0 aliphatic carbocycles. The third kappa shape index (κ3) is 4.19. The van der Waals surface area contributed by atoms with Crippen molar-refractivity contribution in [3.63, 3.8) is 0 Å². The zero-order valence-corrected chi connectivity index (χ0v) is 18.1. The summed E-state index contributed by atoms with van der Waals surface area (Å²) in [6, 6.07) is 13.6. The lowest BCUT2D eigenvalue weighted by Crippen LogP contribution is -2.21. The van der Waals surface area contributed by atoms with Gasteiger partial charge in [-0.3, -0.25) is 9.59 Å². The van der Waals surface area contributed by atoms with Gasteiger partial charge < -0.3 is 15.4 Å². The van der Waals surface area contributed by atoms with Gasteiger partial charge in [-0.15, -0.1) is 0 Å². The van der Waals surface area contributed by atoms with Gasteiger partial charge in [-0.25, -0.2) is 9.37 Å². The lowest BCUT2D eigenvalue weighted by Gasteiger charge is -2.18. The number of aromatic nitrogens is 1. The Morgan fingerprint density at radius 1 is 1.22 bits per heavy atom. The lowest BCUT2D eigenvalue weighted by atomic mass is 9.93. The summed E-state index contributed by atoms with van der Waals surface area (Å²) in [7, 11) is 0. The number of carbonyl (C=O) groups is 2. The summed E-state index contributed by atoms with van der Waals surface area (Å²) in [5.74, 6) is -1.35. The first-order valence-electron chi connectivity index (χ1n) is 10.4. The van der Waals surface area contributed by atoms with Crippen LogP contribution >= 0.6 is 0 Å². The molecule has 2 heterocycles. The molecule has 0 radical (unpaired) electrons. The number of benzene rings is 2. The van der Waals surface area contributed by atoms with Crippen LogP contribution in [0.4, 0.5) is 10.1 Å². The molecule has 1 aromatic heterocycles. The molecule has 0 saturated carbocycles. The van der Waals surface area contributed by atoms with Crippen molar-refractivity contribution in [2.24, 2.45) is 5.92 Å². The molecule has 3 aromatic rings. The van der Waals surface area contributed by atoms with Gasteiger partial charge in [0.2, 0.25) is 5.88 Å². The summed E-state index contributed by atoms with van der Waals surface area (Å²) < 4.78 is 19.7. The van der Waals surface area contributed by atoms with Crippen molar-refractivity contribution in [3.05, 3.63) is 88.4 Å². The van der Waals surface area contributed by atoms with E-state index in [1.54, 1.807) is 18.2 Å². The van der Waals surface area contributed by atoms with Gasteiger partial charge in [0.15, 0.2) is 5.82 Å². The van der Waals surface area contributed by atoms with Crippen molar-refractivity contribution in [1.29, 1.82) is 0 Å². The van der Waals surface area contributed by atoms with Gasteiger partial charge in [0.05, 0.1) is 18.2 Å². The number of amides is 2. The zero-order chi connectivity index (χ0) is 22.8. The van der Waals surface area contributed by atoms with Crippen molar-refractivity contribution in [2.45, 2.75) is 26.8 Å². The topological polar surface area (TPSA) is 80.3 Å². The molecule has 7 heteroatoms. The standard InChI is InChI=1S/C25H24FN3O3/c1-14(2)13-32-25-19(26)11-16(12-27-25)23(30)28-20-10-6-9-18-21(20)22(29-24(18)31)17-8-5-4-7-15(17)3/h4-12,14,22H,13H2,1-3H3,(H,28,30)(H,29,31). The third-order valence-electron chi connectivity index (χ3n) is 5.29. The van der Waals surface area contributed by atoms with E-state index in [1.165, 1.54) is 6.20 Å². The van der Waals surface area contributed by atoms with Crippen LogP contribution in [0, 0.1) is 18.7 Å². The first-order valence-corrected chi connectivity index (χ1v) is 10.4. The number of anilines is 1. The number of fused-ring (bicyclic) bond motifs is 1. The minimum Gasteiger partial charge on any atom is -0.475 e. The Bertz CT molecular complexity index is 1190. The number of pyridine rings is 1. The molecule has 1 unspecified atom stereocenters. The van der Waals surface area contributed by atoms with E-state index in [0.717, 1.165) is 17.2 Å². The molecule has 6 nitrogen and oxygen atoms in total. The SMILES string of the molecule is Cc1ccccc1C1NC(=O)c2cccc(NC(=O)c3cnc(OCC(C)C)c(F)c3)c21. The van der Waals surface area contributed by atoms with E-state index >= 15 is 0 Å². The Morgan fingerprint density at radius 2 is 2.00 bits per heavy atom. The number of hydrogen-bond acceptors (Lipinski definition) is 4. The molecule has 4 rings (SSSR count). The first kappa shape index (κ1) is 21.5. The van der Waals surface area contributed by atoms with Crippen LogP contribution in [-0.4, -0.2) is 23.4 Å². The number of carbonyl (C=O) groups excluding carboxylic acids is 2. The number of aryl methyl sites for hydroxylation is 1. The second-order valence-corrected chi connectivity index (χ2v) is 8.20. The molecule has 0 bridgehead atoms. The number of nitrogens with one attached hydrogen (secondary N) is 2. The maximum atomic E-state index is 14.4. The monoisotopic (exact) mass is 433 g/mol. The van der Waals surface area contributed by atoms with E-state index in [2.05, 4.69) is 15.6 Å². The Balaban J connectivity index is 1.63. The van der Waals surface area contributed by atoms with Crippen LogP contribution in [0.15, 0.2) is 54.7 Å². The third-order valence-corrected chi connectivity index (χ3v) is 5.29. The normalized spacial score (nSPS) is 14.8. The van der Waals surface area contributed by atoms with Gasteiger partial charge in [-0.2, -0.15) is 0 Å². The molecule has 1 aliphatic heterocycles. The average Bonchev–Trinajstić information content (AvgIpc) is 3.10. The van der Waals surface area contributed by atoms with Crippen LogP contribution in [0.1, 0.15) is 57.3 Å². The molecule has 1 aliphatic rings. The van der Waals surface area contributed by atoms with Gasteiger partial charge in [0.25, 0.3) is 11.8 Å². The van der Waals surface area contributed by atoms with Crippen LogP contribution in [0.2, 0.25) is 0 Å². The summed E-state index contributed by atoms with van der Waals surface area (Å²) in [6.45, 7) is 6.19. The van der Waals surface area contributed by atoms with Crippen molar-refractivity contribution in [3.8, 4) is 5.88 Å². The Morgan fingerprint density at radius 3 is 2.72 bits per heavy atom. The number of hydrogen-bond donors (Lipinski definition) is 2.